The summed E-state index contributed by atoms with van der Waals surface area (Å²) in [5, 5.41) is 4.60. The van der Waals surface area contributed by atoms with Gasteiger partial charge in [-0.3, -0.25) is 9.59 Å². The van der Waals surface area contributed by atoms with E-state index in [0.29, 0.717) is 16.3 Å². The number of hydrogen-bond donors (Lipinski definition) is 1. The second kappa shape index (κ2) is 8.31. The third kappa shape index (κ3) is 4.06. The molecule has 1 aliphatic heterocycles. The Morgan fingerprint density at radius 3 is 2.32 bits per heavy atom. The molecule has 0 spiro atoms. The van der Waals surface area contributed by atoms with Gasteiger partial charge in [0.1, 0.15) is 11.4 Å². The molecule has 158 valence electrons. The molecule has 0 unspecified atom stereocenters. The molecule has 5 nitrogen and oxygen atoms in total. The maximum atomic E-state index is 13.7. The minimum absolute atomic E-state index is 0.000894. The van der Waals surface area contributed by atoms with Crippen LogP contribution in [0.2, 0.25) is 0 Å². The highest BCUT2D eigenvalue weighted by Gasteiger charge is 2.40. The van der Waals surface area contributed by atoms with Gasteiger partial charge in [-0.05, 0) is 61.7 Å². The van der Waals surface area contributed by atoms with Crippen LogP contribution in [0.25, 0.3) is 5.57 Å². The Morgan fingerprint density at radius 2 is 1.71 bits per heavy atom. The first-order chi connectivity index (χ1) is 14.8. The topological polar surface area (TPSA) is 58.6 Å². The molecule has 0 saturated carbocycles. The number of ether oxygens (including phenoxy) is 1. The van der Waals surface area contributed by atoms with Crippen LogP contribution in [0.4, 0.5) is 20.2 Å². The molecule has 1 N–H and O–H groups in total. The van der Waals surface area contributed by atoms with Gasteiger partial charge in [0.25, 0.3) is 11.8 Å². The number of carbonyl (C=O) groups excluding carboxylic acids is 2. The first-order valence-corrected chi connectivity index (χ1v) is 10.4. The Kier molecular flexibility index (Phi) is 5.56. The third-order valence-electron chi connectivity index (χ3n) is 4.51. The number of nitrogens with one attached hydrogen (secondary N) is 1. The lowest BCUT2D eigenvalue weighted by Crippen LogP contribution is -2.32. The molecule has 2 amide bonds. The van der Waals surface area contributed by atoms with E-state index in [4.69, 9.17) is 4.74 Å². The van der Waals surface area contributed by atoms with Crippen LogP contribution in [0.1, 0.15) is 18.7 Å². The Balaban J connectivity index is 1.71. The molecule has 1 aliphatic rings. The lowest BCUT2D eigenvalue weighted by molar-refractivity contribution is -0.120. The lowest BCUT2D eigenvalue weighted by atomic mass is 10.2. The van der Waals surface area contributed by atoms with Gasteiger partial charge in [0.15, 0.2) is 11.6 Å². The van der Waals surface area contributed by atoms with Gasteiger partial charge < -0.3 is 10.1 Å². The highest BCUT2D eigenvalue weighted by Crippen LogP contribution is 2.36. The van der Waals surface area contributed by atoms with E-state index in [1.807, 2.05) is 13.8 Å². The van der Waals surface area contributed by atoms with Crippen LogP contribution in [0.3, 0.4) is 0 Å². The summed E-state index contributed by atoms with van der Waals surface area (Å²) in [7, 11) is 0. The van der Waals surface area contributed by atoms with Crippen molar-refractivity contribution in [1.29, 1.82) is 0 Å². The molecule has 0 aliphatic carbocycles. The Bertz CT molecular complexity index is 1170. The zero-order valence-corrected chi connectivity index (χ0v) is 17.5. The SMILES string of the molecule is CC(C)Oc1ccc(N2C(=O)C(Nc3ccc(F)c(F)c3)=C(c3cccs3)C2=O)cc1. The summed E-state index contributed by atoms with van der Waals surface area (Å²) in [6.07, 6.45) is -0.0140. The molecule has 0 atom stereocenters. The van der Waals surface area contributed by atoms with Gasteiger partial charge in [-0.1, -0.05) is 6.07 Å². The molecule has 8 heteroatoms. The highest BCUT2D eigenvalue weighted by molar-refractivity contribution is 7.11. The lowest BCUT2D eigenvalue weighted by Gasteiger charge is -2.16. The number of halogens is 2. The summed E-state index contributed by atoms with van der Waals surface area (Å²) >= 11 is 1.30. The van der Waals surface area contributed by atoms with Crippen molar-refractivity contribution >= 4 is 40.1 Å². The van der Waals surface area contributed by atoms with Crippen LogP contribution in [-0.2, 0) is 9.59 Å². The van der Waals surface area contributed by atoms with E-state index in [1.165, 1.54) is 17.4 Å². The van der Waals surface area contributed by atoms with Gasteiger partial charge in [-0.15, -0.1) is 11.3 Å². The average Bonchev–Trinajstić information content (AvgIpc) is 3.32. The van der Waals surface area contributed by atoms with Crippen molar-refractivity contribution in [3.8, 4) is 5.75 Å². The van der Waals surface area contributed by atoms with Crippen molar-refractivity contribution in [3.05, 3.63) is 82.2 Å². The quantitative estimate of drug-likeness (QED) is 0.535. The minimum Gasteiger partial charge on any atom is -0.491 e. The zero-order chi connectivity index (χ0) is 22.1. The number of nitrogens with zero attached hydrogens (tertiary/aromatic N) is 1. The van der Waals surface area contributed by atoms with E-state index in [9.17, 15) is 18.4 Å². The molecule has 3 aromatic rings. The normalized spacial score (nSPS) is 14.0. The number of carbonyl (C=O) groups is 2. The van der Waals surface area contributed by atoms with Gasteiger partial charge in [0.2, 0.25) is 0 Å². The molecule has 0 saturated heterocycles. The van der Waals surface area contributed by atoms with E-state index >= 15 is 0 Å². The molecule has 0 bridgehead atoms. The fourth-order valence-corrected chi connectivity index (χ4v) is 3.96. The van der Waals surface area contributed by atoms with Crippen molar-refractivity contribution in [2.24, 2.45) is 0 Å². The highest BCUT2D eigenvalue weighted by atomic mass is 32.1. The van der Waals surface area contributed by atoms with Crippen molar-refractivity contribution in [2.45, 2.75) is 20.0 Å². The first kappa shape index (κ1) is 20.7. The molecular weight excluding hydrogens is 422 g/mol. The van der Waals surface area contributed by atoms with Crippen LogP contribution < -0.4 is 15.0 Å². The summed E-state index contributed by atoms with van der Waals surface area (Å²) in [5.74, 6) is -2.54. The van der Waals surface area contributed by atoms with Gasteiger partial charge in [-0.25, -0.2) is 13.7 Å². The fourth-order valence-electron chi connectivity index (χ4n) is 3.19. The number of imide groups is 1. The predicted molar refractivity (Wildman–Crippen MR) is 116 cm³/mol. The summed E-state index contributed by atoms with van der Waals surface area (Å²) in [6.45, 7) is 3.80. The fraction of sp³-hybridized carbons (Fsp3) is 0.130. The third-order valence-corrected chi connectivity index (χ3v) is 5.39. The van der Waals surface area contributed by atoms with Crippen molar-refractivity contribution in [3.63, 3.8) is 0 Å². The maximum Gasteiger partial charge on any atom is 0.282 e. The standard InChI is InChI=1S/C23H18F2N2O3S/c1-13(2)30-16-8-6-15(7-9-16)27-22(28)20(19-4-3-11-31-19)21(23(27)29)26-14-5-10-17(24)18(25)12-14/h3-13,26H,1-2H3. The van der Waals surface area contributed by atoms with Gasteiger partial charge >= 0.3 is 0 Å². The van der Waals surface area contributed by atoms with Crippen molar-refractivity contribution in [1.82, 2.24) is 0 Å². The number of anilines is 2. The summed E-state index contributed by atoms with van der Waals surface area (Å²) in [5.41, 5.74) is 0.710. The molecular formula is C23H18F2N2O3S. The Labute approximate surface area is 181 Å². The van der Waals surface area contributed by atoms with Crippen molar-refractivity contribution in [2.75, 3.05) is 10.2 Å². The van der Waals surface area contributed by atoms with Gasteiger partial charge in [-0.2, -0.15) is 0 Å². The number of hydrogen-bond acceptors (Lipinski definition) is 5. The molecule has 1 aromatic heterocycles. The van der Waals surface area contributed by atoms with Gasteiger partial charge in [0, 0.05) is 16.6 Å². The second-order valence-electron chi connectivity index (χ2n) is 7.09. The van der Waals surface area contributed by atoms with Crippen LogP contribution >= 0.6 is 11.3 Å². The second-order valence-corrected chi connectivity index (χ2v) is 8.04. The number of amides is 2. The Morgan fingerprint density at radius 1 is 0.968 bits per heavy atom. The Hall–Kier alpha value is -3.52. The number of benzene rings is 2. The number of thiophene rings is 1. The van der Waals surface area contributed by atoms with Crippen LogP contribution in [0, 0.1) is 11.6 Å². The molecule has 31 heavy (non-hydrogen) atoms. The molecule has 4 rings (SSSR count). The van der Waals surface area contributed by atoms with E-state index in [0.717, 1.165) is 17.0 Å². The molecule has 0 fully saturated rings. The monoisotopic (exact) mass is 440 g/mol. The summed E-state index contributed by atoms with van der Waals surface area (Å²) in [6, 6.07) is 13.3. The van der Waals surface area contributed by atoms with Crippen LogP contribution in [-0.4, -0.2) is 17.9 Å². The number of rotatable bonds is 6. The first-order valence-electron chi connectivity index (χ1n) is 9.51. The van der Waals surface area contributed by atoms with Crippen molar-refractivity contribution < 1.29 is 23.1 Å². The van der Waals surface area contributed by atoms with Crippen LogP contribution in [0.5, 0.6) is 5.75 Å². The average molecular weight is 440 g/mol. The summed E-state index contributed by atoms with van der Waals surface area (Å²) < 4.78 is 32.6. The minimum atomic E-state index is -1.06. The van der Waals surface area contributed by atoms with Crippen LogP contribution in [0.15, 0.2) is 65.7 Å². The zero-order valence-electron chi connectivity index (χ0n) is 16.7. The largest absolute Gasteiger partial charge is 0.491 e. The molecule has 2 aromatic carbocycles. The van der Waals surface area contributed by atoms with Gasteiger partial charge in [0.05, 0.1) is 17.4 Å². The van der Waals surface area contributed by atoms with E-state index in [-0.39, 0.29) is 23.1 Å². The smallest absolute Gasteiger partial charge is 0.282 e. The summed E-state index contributed by atoms with van der Waals surface area (Å²) in [4.78, 5) is 28.1. The predicted octanol–water partition coefficient (Wildman–Crippen LogP) is 5.21. The molecule has 0 radical (unpaired) electrons. The van der Waals surface area contributed by atoms with E-state index < -0.39 is 23.4 Å². The van der Waals surface area contributed by atoms with E-state index in [2.05, 4.69) is 5.32 Å². The maximum absolute atomic E-state index is 13.7. The molecule has 2 heterocycles. The van der Waals surface area contributed by atoms with E-state index in [1.54, 1.807) is 41.8 Å².